The van der Waals surface area contributed by atoms with Crippen LogP contribution in [0.25, 0.3) is 0 Å². The number of methoxy groups -OCH3 is 2. The van der Waals surface area contributed by atoms with Gasteiger partial charge in [0, 0.05) is 11.8 Å². The molecule has 0 radical (unpaired) electrons. The van der Waals surface area contributed by atoms with Gasteiger partial charge in [-0.05, 0) is 33.1 Å². The highest BCUT2D eigenvalue weighted by Gasteiger charge is 2.66. The standard InChI is InChI=1S/C16H24O5/c1-15(2,3)21-9-12-10-6-7-11(8-10)16(12,13(17)19-4)14(18)20-5/h6-7,10-12H,8-9H2,1-5H3. The average molecular weight is 296 g/mol. The third kappa shape index (κ3) is 2.48. The van der Waals surface area contributed by atoms with Crippen molar-refractivity contribution in [3.63, 3.8) is 0 Å². The van der Waals surface area contributed by atoms with Crippen LogP contribution in [0.3, 0.4) is 0 Å². The minimum Gasteiger partial charge on any atom is -0.468 e. The fraction of sp³-hybridized carbons (Fsp3) is 0.750. The summed E-state index contributed by atoms with van der Waals surface area (Å²) < 4.78 is 15.8. The van der Waals surface area contributed by atoms with Gasteiger partial charge < -0.3 is 14.2 Å². The quantitative estimate of drug-likeness (QED) is 0.451. The molecule has 0 heterocycles. The molecule has 1 saturated carbocycles. The van der Waals surface area contributed by atoms with E-state index in [0.29, 0.717) is 6.61 Å². The van der Waals surface area contributed by atoms with Crippen LogP contribution in [0.5, 0.6) is 0 Å². The van der Waals surface area contributed by atoms with Gasteiger partial charge in [-0.15, -0.1) is 0 Å². The molecule has 0 amide bonds. The Morgan fingerprint density at radius 3 is 2.19 bits per heavy atom. The summed E-state index contributed by atoms with van der Waals surface area (Å²) >= 11 is 0. The first-order valence-electron chi connectivity index (χ1n) is 7.26. The Hall–Kier alpha value is -1.36. The van der Waals surface area contributed by atoms with Gasteiger partial charge in [0.25, 0.3) is 0 Å². The zero-order chi connectivity index (χ0) is 15.8. The van der Waals surface area contributed by atoms with Crippen LogP contribution in [0.15, 0.2) is 12.2 Å². The van der Waals surface area contributed by atoms with E-state index in [1.165, 1.54) is 14.2 Å². The Bertz CT molecular complexity index is 444. The SMILES string of the molecule is COC(=O)C1(C(=O)OC)C2C=CC(C2)C1COC(C)(C)C. The monoisotopic (exact) mass is 296 g/mol. The number of allylic oxidation sites excluding steroid dienone is 2. The number of rotatable bonds is 4. The minimum absolute atomic E-state index is 0.149. The van der Waals surface area contributed by atoms with Crippen molar-refractivity contribution in [1.82, 2.24) is 0 Å². The van der Waals surface area contributed by atoms with E-state index in [1.807, 2.05) is 26.8 Å². The normalized spacial score (nSPS) is 29.5. The summed E-state index contributed by atoms with van der Waals surface area (Å²) in [4.78, 5) is 24.9. The first-order valence-corrected chi connectivity index (χ1v) is 7.26. The molecule has 0 saturated heterocycles. The third-order valence-corrected chi connectivity index (χ3v) is 4.55. The molecule has 21 heavy (non-hydrogen) atoms. The summed E-state index contributed by atoms with van der Waals surface area (Å²) in [5.74, 6) is -1.31. The Morgan fingerprint density at radius 2 is 1.71 bits per heavy atom. The van der Waals surface area contributed by atoms with Gasteiger partial charge in [0.05, 0.1) is 26.4 Å². The molecular formula is C16H24O5. The molecule has 2 rings (SSSR count). The molecule has 3 unspecified atom stereocenters. The molecule has 0 spiro atoms. The highest BCUT2D eigenvalue weighted by atomic mass is 16.5. The fourth-order valence-electron chi connectivity index (χ4n) is 3.60. The van der Waals surface area contributed by atoms with Crippen LogP contribution in [0.4, 0.5) is 0 Å². The summed E-state index contributed by atoms with van der Waals surface area (Å²) in [6.45, 7) is 6.19. The van der Waals surface area contributed by atoms with Crippen molar-refractivity contribution in [2.24, 2.45) is 23.2 Å². The second kappa shape index (κ2) is 5.44. The van der Waals surface area contributed by atoms with Crippen molar-refractivity contribution in [2.45, 2.75) is 32.8 Å². The largest absolute Gasteiger partial charge is 0.468 e. The molecule has 0 aliphatic heterocycles. The van der Waals surface area contributed by atoms with E-state index in [2.05, 4.69) is 6.08 Å². The van der Waals surface area contributed by atoms with Crippen molar-refractivity contribution in [1.29, 1.82) is 0 Å². The lowest BCUT2D eigenvalue weighted by Gasteiger charge is -2.37. The zero-order valence-electron chi connectivity index (χ0n) is 13.3. The van der Waals surface area contributed by atoms with Gasteiger partial charge >= 0.3 is 11.9 Å². The van der Waals surface area contributed by atoms with Crippen molar-refractivity contribution in [3.05, 3.63) is 12.2 Å². The third-order valence-electron chi connectivity index (χ3n) is 4.55. The van der Waals surface area contributed by atoms with Crippen molar-refractivity contribution >= 4 is 11.9 Å². The molecule has 0 N–H and O–H groups in total. The Kier molecular flexibility index (Phi) is 4.15. The first kappa shape index (κ1) is 16.0. The summed E-state index contributed by atoms with van der Waals surface area (Å²) in [6, 6.07) is 0. The molecule has 5 nitrogen and oxygen atoms in total. The molecule has 2 bridgehead atoms. The number of carbonyl (C=O) groups is 2. The maximum absolute atomic E-state index is 12.4. The number of fused-ring (bicyclic) bond motifs is 2. The van der Waals surface area contributed by atoms with E-state index >= 15 is 0 Å². The molecule has 5 heteroatoms. The number of esters is 2. The number of ether oxygens (including phenoxy) is 3. The van der Waals surface area contributed by atoms with Gasteiger partial charge in [0.2, 0.25) is 0 Å². The van der Waals surface area contributed by atoms with Crippen molar-refractivity contribution in [2.75, 3.05) is 20.8 Å². The summed E-state index contributed by atoms with van der Waals surface area (Å²) in [5, 5.41) is 0. The molecule has 2 aliphatic carbocycles. The molecule has 0 aromatic carbocycles. The highest BCUT2D eigenvalue weighted by Crippen LogP contribution is 2.57. The smallest absolute Gasteiger partial charge is 0.324 e. The predicted octanol–water partition coefficient (Wildman–Crippen LogP) is 1.96. The van der Waals surface area contributed by atoms with Gasteiger partial charge in [-0.3, -0.25) is 9.59 Å². The number of carbonyl (C=O) groups excluding carboxylic acids is 2. The minimum atomic E-state index is -1.27. The predicted molar refractivity (Wildman–Crippen MR) is 76.4 cm³/mol. The summed E-state index contributed by atoms with van der Waals surface area (Å²) in [6.07, 6.45) is 4.78. The van der Waals surface area contributed by atoms with Crippen LogP contribution in [0.1, 0.15) is 27.2 Å². The van der Waals surface area contributed by atoms with Crippen LogP contribution in [-0.4, -0.2) is 38.4 Å². The summed E-state index contributed by atoms with van der Waals surface area (Å²) in [7, 11) is 2.62. The van der Waals surface area contributed by atoms with Gasteiger partial charge in [-0.1, -0.05) is 12.2 Å². The zero-order valence-corrected chi connectivity index (χ0v) is 13.3. The molecule has 0 aromatic rings. The van der Waals surface area contributed by atoms with Gasteiger partial charge in [0.15, 0.2) is 5.41 Å². The lowest BCUT2D eigenvalue weighted by molar-refractivity contribution is -0.179. The molecule has 0 aromatic heterocycles. The maximum Gasteiger partial charge on any atom is 0.324 e. The first-order chi connectivity index (χ1) is 9.77. The highest BCUT2D eigenvalue weighted by molar-refractivity contribution is 6.02. The molecule has 3 atom stereocenters. The second-order valence-corrected chi connectivity index (χ2v) is 6.77. The maximum atomic E-state index is 12.4. The summed E-state index contributed by atoms with van der Waals surface area (Å²) in [5.41, 5.74) is -1.60. The average Bonchev–Trinajstić information content (AvgIpc) is 3.01. The fourth-order valence-corrected chi connectivity index (χ4v) is 3.60. The van der Waals surface area contributed by atoms with E-state index in [4.69, 9.17) is 14.2 Å². The van der Waals surface area contributed by atoms with Gasteiger partial charge in [0.1, 0.15) is 0 Å². The van der Waals surface area contributed by atoms with Crippen molar-refractivity contribution in [3.8, 4) is 0 Å². The molecule has 118 valence electrons. The van der Waals surface area contributed by atoms with Gasteiger partial charge in [-0.25, -0.2) is 0 Å². The number of hydrogen-bond donors (Lipinski definition) is 0. The Balaban J connectivity index is 2.37. The molecular weight excluding hydrogens is 272 g/mol. The Morgan fingerprint density at radius 1 is 1.14 bits per heavy atom. The van der Waals surface area contributed by atoms with Crippen molar-refractivity contribution < 1.29 is 23.8 Å². The lowest BCUT2D eigenvalue weighted by Crippen LogP contribution is -2.51. The molecule has 2 aliphatic rings. The topological polar surface area (TPSA) is 61.8 Å². The Labute approximate surface area is 125 Å². The lowest BCUT2D eigenvalue weighted by atomic mass is 9.68. The van der Waals surface area contributed by atoms with Crippen LogP contribution in [0, 0.1) is 23.2 Å². The van der Waals surface area contributed by atoms with E-state index in [1.54, 1.807) is 0 Å². The van der Waals surface area contributed by atoms with Crippen LogP contribution in [-0.2, 0) is 23.8 Å². The van der Waals surface area contributed by atoms with Crippen LogP contribution in [0.2, 0.25) is 0 Å². The van der Waals surface area contributed by atoms with Crippen LogP contribution < -0.4 is 0 Å². The van der Waals surface area contributed by atoms with E-state index in [-0.39, 0.29) is 23.4 Å². The second-order valence-electron chi connectivity index (χ2n) is 6.77. The number of hydrogen-bond acceptors (Lipinski definition) is 5. The van der Waals surface area contributed by atoms with Gasteiger partial charge in [-0.2, -0.15) is 0 Å². The molecule has 1 fully saturated rings. The van der Waals surface area contributed by atoms with E-state index < -0.39 is 17.4 Å². The van der Waals surface area contributed by atoms with Crippen LogP contribution >= 0.6 is 0 Å². The van der Waals surface area contributed by atoms with E-state index in [0.717, 1.165) is 6.42 Å². The van der Waals surface area contributed by atoms with E-state index in [9.17, 15) is 9.59 Å².